The molecule has 2 amide bonds. The summed E-state index contributed by atoms with van der Waals surface area (Å²) >= 11 is 0. The molecule has 1 unspecified atom stereocenters. The van der Waals surface area contributed by atoms with Gasteiger partial charge in [0.25, 0.3) is 0 Å². The maximum Gasteiger partial charge on any atom is 0.408 e. The Hall–Kier alpha value is -3.67. The smallest absolute Gasteiger partial charge is 0.408 e. The summed E-state index contributed by atoms with van der Waals surface area (Å²) in [5.74, 6) is -2.39. The third-order valence-electron chi connectivity index (χ3n) is 6.05. The number of rotatable bonds is 8. The number of halogens is 1. The SMILES string of the molecule is COC(=O)[C@@H]1[C@@H](OCC(=O)OC(C)(C)C)CCN1C(=O)C(Cc1c[nH]c2ccc(F)cc12)NC(=O)OC(C)(C)C. The van der Waals surface area contributed by atoms with Crippen LogP contribution in [0, 0.1) is 5.82 Å². The predicted octanol–water partition coefficient (Wildman–Crippen LogP) is 3.24. The van der Waals surface area contributed by atoms with E-state index < -0.39 is 65.8 Å². The quantitative estimate of drug-likeness (QED) is 0.369. The molecule has 1 aliphatic heterocycles. The van der Waals surface area contributed by atoms with Gasteiger partial charge in [0.15, 0.2) is 6.04 Å². The highest BCUT2D eigenvalue weighted by Crippen LogP contribution is 2.26. The lowest BCUT2D eigenvalue weighted by Gasteiger charge is -2.30. The van der Waals surface area contributed by atoms with Gasteiger partial charge in [0, 0.05) is 30.1 Å². The van der Waals surface area contributed by atoms with Crippen molar-refractivity contribution >= 4 is 34.8 Å². The molecule has 2 aromatic rings. The largest absolute Gasteiger partial charge is 0.467 e. The van der Waals surface area contributed by atoms with Crippen LogP contribution in [0.1, 0.15) is 53.5 Å². The average molecular weight is 564 g/mol. The molecule has 1 aliphatic rings. The molecule has 0 radical (unpaired) electrons. The number of amides is 2. The molecule has 2 heterocycles. The molecule has 1 aromatic heterocycles. The molecule has 1 saturated heterocycles. The number of likely N-dealkylation sites (tertiary alicyclic amines) is 1. The van der Waals surface area contributed by atoms with Gasteiger partial charge >= 0.3 is 18.0 Å². The van der Waals surface area contributed by atoms with Gasteiger partial charge in [-0.05, 0) is 71.7 Å². The third kappa shape index (κ3) is 8.17. The Kier molecular flexibility index (Phi) is 9.44. The summed E-state index contributed by atoms with van der Waals surface area (Å²) in [5.41, 5.74) is -0.310. The minimum Gasteiger partial charge on any atom is -0.467 e. The van der Waals surface area contributed by atoms with E-state index in [2.05, 4.69) is 10.3 Å². The zero-order valence-electron chi connectivity index (χ0n) is 24.0. The van der Waals surface area contributed by atoms with E-state index in [0.717, 1.165) is 0 Å². The topological polar surface area (TPSA) is 136 Å². The van der Waals surface area contributed by atoms with Gasteiger partial charge in [0.05, 0.1) is 13.2 Å². The monoisotopic (exact) mass is 563 g/mol. The van der Waals surface area contributed by atoms with E-state index in [0.29, 0.717) is 16.5 Å². The Balaban J connectivity index is 1.86. The third-order valence-corrected chi connectivity index (χ3v) is 6.05. The molecule has 3 rings (SSSR count). The molecule has 0 aliphatic carbocycles. The van der Waals surface area contributed by atoms with E-state index in [-0.39, 0.29) is 19.4 Å². The van der Waals surface area contributed by atoms with Crippen LogP contribution in [0.5, 0.6) is 0 Å². The minimum absolute atomic E-state index is 0.0185. The number of aromatic amines is 1. The lowest BCUT2D eigenvalue weighted by atomic mass is 10.0. The van der Waals surface area contributed by atoms with Crippen molar-refractivity contribution < 1.29 is 42.5 Å². The molecule has 12 heteroatoms. The van der Waals surface area contributed by atoms with Gasteiger partial charge in [-0.3, -0.25) is 4.79 Å². The number of nitrogens with zero attached hydrogens (tertiary/aromatic N) is 1. The van der Waals surface area contributed by atoms with Crippen molar-refractivity contribution in [2.45, 2.75) is 83.8 Å². The van der Waals surface area contributed by atoms with Gasteiger partial charge in [-0.2, -0.15) is 0 Å². The molecule has 3 atom stereocenters. The van der Waals surface area contributed by atoms with Crippen LogP contribution in [0.2, 0.25) is 0 Å². The zero-order valence-corrected chi connectivity index (χ0v) is 24.0. The lowest BCUT2D eigenvalue weighted by molar-refractivity contribution is -0.166. The minimum atomic E-state index is -1.17. The first-order valence-corrected chi connectivity index (χ1v) is 13.0. The van der Waals surface area contributed by atoms with Gasteiger partial charge in [0.1, 0.15) is 29.7 Å². The van der Waals surface area contributed by atoms with Gasteiger partial charge in [-0.15, -0.1) is 0 Å². The molecule has 0 spiro atoms. The summed E-state index contributed by atoms with van der Waals surface area (Å²) in [6.45, 7) is 9.91. The molecule has 0 saturated carbocycles. The Morgan fingerprint density at radius 2 is 1.77 bits per heavy atom. The summed E-state index contributed by atoms with van der Waals surface area (Å²) in [6, 6.07) is 1.89. The van der Waals surface area contributed by atoms with Crippen LogP contribution in [0.4, 0.5) is 9.18 Å². The van der Waals surface area contributed by atoms with Gasteiger partial charge in [-0.1, -0.05) is 0 Å². The fourth-order valence-electron chi connectivity index (χ4n) is 4.52. The average Bonchev–Trinajstić information content (AvgIpc) is 3.43. The Labute approximate surface area is 232 Å². The predicted molar refractivity (Wildman–Crippen MR) is 143 cm³/mol. The molecule has 40 heavy (non-hydrogen) atoms. The number of alkyl carbamates (subject to hydrolysis) is 1. The van der Waals surface area contributed by atoms with Crippen LogP contribution in [0.3, 0.4) is 0 Å². The van der Waals surface area contributed by atoms with Crippen molar-refractivity contribution in [1.82, 2.24) is 15.2 Å². The highest BCUT2D eigenvalue weighted by molar-refractivity contribution is 5.92. The van der Waals surface area contributed by atoms with Crippen molar-refractivity contribution in [1.29, 1.82) is 0 Å². The highest BCUT2D eigenvalue weighted by atomic mass is 19.1. The second kappa shape index (κ2) is 12.2. The number of hydrogen-bond donors (Lipinski definition) is 2. The van der Waals surface area contributed by atoms with Crippen molar-refractivity contribution in [3.05, 3.63) is 35.8 Å². The fraction of sp³-hybridized carbons (Fsp3) is 0.571. The van der Waals surface area contributed by atoms with Gasteiger partial charge < -0.3 is 34.1 Å². The number of fused-ring (bicyclic) bond motifs is 1. The zero-order chi connectivity index (χ0) is 29.8. The number of benzene rings is 1. The number of H-pyrrole nitrogens is 1. The second-order valence-electron chi connectivity index (χ2n) is 11.6. The number of aromatic nitrogens is 1. The summed E-state index contributed by atoms with van der Waals surface area (Å²) in [6.07, 6.45) is 0.188. The van der Waals surface area contributed by atoms with Crippen LogP contribution in [-0.2, 0) is 39.8 Å². The molecule has 0 bridgehead atoms. The van der Waals surface area contributed by atoms with E-state index in [1.54, 1.807) is 53.8 Å². The van der Waals surface area contributed by atoms with E-state index in [9.17, 15) is 23.6 Å². The molecule has 1 aromatic carbocycles. The number of hydrogen-bond acceptors (Lipinski definition) is 8. The maximum absolute atomic E-state index is 14.0. The van der Waals surface area contributed by atoms with E-state index in [1.165, 1.54) is 24.1 Å². The lowest BCUT2D eigenvalue weighted by Crippen LogP contribution is -2.55. The Morgan fingerprint density at radius 3 is 2.40 bits per heavy atom. The van der Waals surface area contributed by atoms with Crippen LogP contribution in [-0.4, -0.2) is 83.5 Å². The van der Waals surface area contributed by atoms with Gasteiger partial charge in [-0.25, -0.2) is 18.8 Å². The van der Waals surface area contributed by atoms with E-state index in [1.807, 2.05) is 0 Å². The number of nitrogens with one attached hydrogen (secondary N) is 2. The van der Waals surface area contributed by atoms with Crippen molar-refractivity contribution in [3.63, 3.8) is 0 Å². The number of esters is 2. The van der Waals surface area contributed by atoms with Crippen LogP contribution in [0.25, 0.3) is 10.9 Å². The molecule has 220 valence electrons. The highest BCUT2D eigenvalue weighted by Gasteiger charge is 2.46. The summed E-state index contributed by atoms with van der Waals surface area (Å²) in [7, 11) is 1.19. The summed E-state index contributed by atoms with van der Waals surface area (Å²) in [5, 5.41) is 3.16. The Bertz CT molecular complexity index is 1250. The normalized spacial score (nSPS) is 18.4. The van der Waals surface area contributed by atoms with Crippen LogP contribution in [0.15, 0.2) is 24.4 Å². The van der Waals surface area contributed by atoms with Crippen molar-refractivity contribution in [2.75, 3.05) is 20.3 Å². The van der Waals surface area contributed by atoms with Crippen molar-refractivity contribution in [3.8, 4) is 0 Å². The summed E-state index contributed by atoms with van der Waals surface area (Å²) < 4.78 is 35.3. The maximum atomic E-state index is 14.0. The fourth-order valence-corrected chi connectivity index (χ4v) is 4.52. The molecular weight excluding hydrogens is 525 g/mol. The standard InChI is InChI=1S/C28H38FN3O8/c1-27(2,3)39-22(33)15-38-21-10-11-32(23(21)25(35)37-7)24(34)20(31-26(36)40-28(4,5)6)12-16-14-30-19-9-8-17(29)13-18(16)19/h8-9,13-14,20-21,23,30H,10-12,15H2,1-7H3,(H,31,36)/t20?,21-,23-/m0/s1. The molecule has 2 N–H and O–H groups in total. The van der Waals surface area contributed by atoms with Crippen LogP contribution < -0.4 is 5.32 Å². The van der Waals surface area contributed by atoms with Crippen molar-refractivity contribution in [2.24, 2.45) is 0 Å². The first-order valence-electron chi connectivity index (χ1n) is 13.0. The number of carbonyl (C=O) groups is 4. The first kappa shape index (κ1) is 30.9. The number of ether oxygens (including phenoxy) is 4. The molecule has 1 fully saturated rings. The van der Waals surface area contributed by atoms with Gasteiger partial charge in [0.2, 0.25) is 5.91 Å². The van der Waals surface area contributed by atoms with E-state index in [4.69, 9.17) is 18.9 Å². The number of carbonyl (C=O) groups excluding carboxylic acids is 4. The van der Waals surface area contributed by atoms with E-state index >= 15 is 0 Å². The van der Waals surface area contributed by atoms with Crippen LogP contribution >= 0.6 is 0 Å². The first-order chi connectivity index (χ1) is 18.6. The molecular formula is C28H38FN3O8. The molecule has 11 nitrogen and oxygen atoms in total. The Morgan fingerprint density at radius 1 is 1.10 bits per heavy atom. The number of methoxy groups -OCH3 is 1. The summed E-state index contributed by atoms with van der Waals surface area (Å²) in [4.78, 5) is 55.9. The second-order valence-corrected chi connectivity index (χ2v) is 11.6.